The van der Waals surface area contributed by atoms with Crippen molar-refractivity contribution in [2.24, 2.45) is 0 Å². The Balaban J connectivity index is 1.76. The van der Waals surface area contributed by atoms with Gasteiger partial charge in [-0.3, -0.25) is 0 Å². The van der Waals surface area contributed by atoms with Crippen molar-refractivity contribution >= 4 is 0 Å². The van der Waals surface area contributed by atoms with Crippen molar-refractivity contribution in [2.45, 2.75) is 51.0 Å². The van der Waals surface area contributed by atoms with Gasteiger partial charge in [0.15, 0.2) is 0 Å². The number of aryl methyl sites for hydroxylation is 1. The molecular weight excluding hydrogens is 226 g/mol. The number of aromatic nitrogens is 2. The third kappa shape index (κ3) is 2.64. The fourth-order valence-corrected chi connectivity index (χ4v) is 2.95. The van der Waals surface area contributed by atoms with E-state index >= 15 is 0 Å². The minimum atomic E-state index is 0.274. The molecule has 1 aromatic heterocycles. The predicted molar refractivity (Wildman–Crippen MR) is 69.9 cm³/mol. The Bertz CT molecular complexity index is 410. The molecule has 0 amide bonds. The number of hydrogen-bond donors (Lipinski definition) is 1. The molecule has 0 aromatic carbocycles. The van der Waals surface area contributed by atoms with Crippen molar-refractivity contribution in [1.82, 2.24) is 15.3 Å². The monoisotopic (exact) mass is 247 g/mol. The first kappa shape index (κ1) is 11.9. The molecule has 1 aliphatic heterocycles. The summed E-state index contributed by atoms with van der Waals surface area (Å²) in [6.07, 6.45) is 6.53. The van der Waals surface area contributed by atoms with E-state index in [1.165, 1.54) is 31.4 Å². The van der Waals surface area contributed by atoms with Gasteiger partial charge in [0.05, 0.1) is 5.69 Å². The summed E-state index contributed by atoms with van der Waals surface area (Å²) in [5, 5.41) is 3.31. The molecule has 1 N–H and O–H groups in total. The zero-order valence-electron chi connectivity index (χ0n) is 11.0. The maximum atomic E-state index is 5.94. The van der Waals surface area contributed by atoms with E-state index in [9.17, 15) is 0 Å². The third-order valence-corrected chi connectivity index (χ3v) is 3.91. The molecule has 1 unspecified atom stereocenters. The second kappa shape index (κ2) is 5.22. The lowest BCUT2D eigenvalue weighted by atomic mass is 10.0. The Morgan fingerprint density at radius 2 is 2.06 bits per heavy atom. The molecule has 2 fully saturated rings. The Kier molecular flexibility index (Phi) is 3.46. The Morgan fingerprint density at radius 3 is 2.78 bits per heavy atom. The highest BCUT2D eigenvalue weighted by Crippen LogP contribution is 2.34. The molecule has 1 saturated carbocycles. The SMILES string of the molecule is Cc1nc(OC2CCNC2)cc(C2CCCC2)n1. The lowest BCUT2D eigenvalue weighted by molar-refractivity contribution is 0.212. The van der Waals surface area contributed by atoms with E-state index in [0.717, 1.165) is 31.2 Å². The summed E-state index contributed by atoms with van der Waals surface area (Å²) < 4.78 is 5.94. The quantitative estimate of drug-likeness (QED) is 0.889. The molecule has 18 heavy (non-hydrogen) atoms. The van der Waals surface area contributed by atoms with Crippen LogP contribution in [0.1, 0.15) is 49.5 Å². The molecule has 1 saturated heterocycles. The van der Waals surface area contributed by atoms with Gasteiger partial charge in [-0.05, 0) is 32.7 Å². The topological polar surface area (TPSA) is 47.0 Å². The summed E-state index contributed by atoms with van der Waals surface area (Å²) in [6, 6.07) is 2.06. The summed E-state index contributed by atoms with van der Waals surface area (Å²) in [6.45, 7) is 3.93. The van der Waals surface area contributed by atoms with Crippen molar-refractivity contribution in [3.8, 4) is 5.88 Å². The minimum absolute atomic E-state index is 0.274. The molecule has 2 aliphatic rings. The molecular formula is C14H21N3O. The number of nitrogens with zero attached hydrogens (tertiary/aromatic N) is 2. The van der Waals surface area contributed by atoms with E-state index in [1.54, 1.807) is 0 Å². The van der Waals surface area contributed by atoms with Crippen molar-refractivity contribution in [3.05, 3.63) is 17.6 Å². The number of nitrogens with one attached hydrogen (secondary N) is 1. The highest BCUT2D eigenvalue weighted by molar-refractivity contribution is 5.20. The van der Waals surface area contributed by atoms with Gasteiger partial charge < -0.3 is 10.1 Å². The van der Waals surface area contributed by atoms with E-state index in [2.05, 4.69) is 21.4 Å². The van der Waals surface area contributed by atoms with Crippen molar-refractivity contribution in [1.29, 1.82) is 0 Å². The minimum Gasteiger partial charge on any atom is -0.473 e. The van der Waals surface area contributed by atoms with Gasteiger partial charge >= 0.3 is 0 Å². The molecule has 98 valence electrons. The van der Waals surface area contributed by atoms with Crippen LogP contribution in [0.2, 0.25) is 0 Å². The maximum absolute atomic E-state index is 5.94. The van der Waals surface area contributed by atoms with Gasteiger partial charge in [0.1, 0.15) is 11.9 Å². The van der Waals surface area contributed by atoms with E-state index < -0.39 is 0 Å². The first-order valence-electron chi connectivity index (χ1n) is 7.04. The molecule has 1 atom stereocenters. The summed E-state index contributed by atoms with van der Waals surface area (Å²) in [7, 11) is 0. The maximum Gasteiger partial charge on any atom is 0.217 e. The largest absolute Gasteiger partial charge is 0.473 e. The normalized spacial score (nSPS) is 24.6. The molecule has 4 nitrogen and oxygen atoms in total. The Hall–Kier alpha value is -1.16. The van der Waals surface area contributed by atoms with Gasteiger partial charge in [-0.25, -0.2) is 4.98 Å². The van der Waals surface area contributed by atoms with Gasteiger partial charge in [-0.15, -0.1) is 0 Å². The number of hydrogen-bond acceptors (Lipinski definition) is 4. The molecule has 3 rings (SSSR count). The Labute approximate surface area is 108 Å². The van der Waals surface area contributed by atoms with Crippen LogP contribution in [0, 0.1) is 6.92 Å². The lowest BCUT2D eigenvalue weighted by Gasteiger charge is -2.14. The van der Waals surface area contributed by atoms with Crippen LogP contribution < -0.4 is 10.1 Å². The highest BCUT2D eigenvalue weighted by Gasteiger charge is 2.21. The van der Waals surface area contributed by atoms with E-state index in [-0.39, 0.29) is 6.10 Å². The molecule has 0 bridgehead atoms. The van der Waals surface area contributed by atoms with Crippen molar-refractivity contribution in [2.75, 3.05) is 13.1 Å². The zero-order valence-corrected chi connectivity index (χ0v) is 11.0. The van der Waals surface area contributed by atoms with Gasteiger partial charge in [0, 0.05) is 18.5 Å². The van der Waals surface area contributed by atoms with Gasteiger partial charge in [0.2, 0.25) is 5.88 Å². The van der Waals surface area contributed by atoms with Crippen LogP contribution in [-0.2, 0) is 0 Å². The van der Waals surface area contributed by atoms with Crippen LogP contribution in [-0.4, -0.2) is 29.2 Å². The highest BCUT2D eigenvalue weighted by atomic mass is 16.5. The summed E-state index contributed by atoms with van der Waals surface area (Å²) in [5.41, 5.74) is 1.18. The second-order valence-electron chi connectivity index (χ2n) is 5.39. The third-order valence-electron chi connectivity index (χ3n) is 3.91. The number of rotatable bonds is 3. The fraction of sp³-hybridized carbons (Fsp3) is 0.714. The van der Waals surface area contributed by atoms with Crippen LogP contribution in [0.15, 0.2) is 6.07 Å². The zero-order chi connectivity index (χ0) is 12.4. The van der Waals surface area contributed by atoms with E-state index in [0.29, 0.717) is 5.92 Å². The smallest absolute Gasteiger partial charge is 0.217 e. The molecule has 0 radical (unpaired) electrons. The van der Waals surface area contributed by atoms with Gasteiger partial charge in [-0.2, -0.15) is 4.98 Å². The number of ether oxygens (including phenoxy) is 1. The van der Waals surface area contributed by atoms with Crippen molar-refractivity contribution in [3.63, 3.8) is 0 Å². The summed E-state index contributed by atoms with van der Waals surface area (Å²) in [5.74, 6) is 2.22. The Morgan fingerprint density at radius 1 is 1.22 bits per heavy atom. The van der Waals surface area contributed by atoms with Crippen LogP contribution in [0.3, 0.4) is 0 Å². The molecule has 0 spiro atoms. The fourth-order valence-electron chi connectivity index (χ4n) is 2.95. The average Bonchev–Trinajstić information content (AvgIpc) is 3.00. The molecule has 1 aliphatic carbocycles. The van der Waals surface area contributed by atoms with E-state index in [1.807, 2.05) is 6.92 Å². The van der Waals surface area contributed by atoms with Gasteiger partial charge in [0.25, 0.3) is 0 Å². The van der Waals surface area contributed by atoms with Crippen LogP contribution >= 0.6 is 0 Å². The lowest BCUT2D eigenvalue weighted by Crippen LogP contribution is -2.20. The predicted octanol–water partition coefficient (Wildman–Crippen LogP) is 2.18. The average molecular weight is 247 g/mol. The van der Waals surface area contributed by atoms with Crippen molar-refractivity contribution < 1.29 is 4.74 Å². The summed E-state index contributed by atoms with van der Waals surface area (Å²) >= 11 is 0. The van der Waals surface area contributed by atoms with Crippen LogP contribution in [0.25, 0.3) is 0 Å². The second-order valence-corrected chi connectivity index (χ2v) is 5.39. The van der Waals surface area contributed by atoms with Crippen LogP contribution in [0.5, 0.6) is 5.88 Å². The molecule has 1 aromatic rings. The first-order chi connectivity index (χ1) is 8.81. The van der Waals surface area contributed by atoms with Gasteiger partial charge in [-0.1, -0.05) is 12.8 Å². The molecule has 2 heterocycles. The van der Waals surface area contributed by atoms with E-state index in [4.69, 9.17) is 4.74 Å². The van der Waals surface area contributed by atoms with Crippen LogP contribution in [0.4, 0.5) is 0 Å². The standard InChI is InChI=1S/C14H21N3O/c1-10-16-13(11-4-2-3-5-11)8-14(17-10)18-12-6-7-15-9-12/h8,11-12,15H,2-7,9H2,1H3. The first-order valence-corrected chi connectivity index (χ1v) is 7.04. The molecule has 4 heteroatoms. The summed E-state index contributed by atoms with van der Waals surface area (Å²) in [4.78, 5) is 8.99.